The molecule has 0 unspecified atom stereocenters. The first-order valence-corrected chi connectivity index (χ1v) is 8.49. The molecular formula is C17H20N4O3. The van der Waals surface area contributed by atoms with Crippen LogP contribution in [0.25, 0.3) is 0 Å². The molecule has 4 heterocycles. The Morgan fingerprint density at radius 1 is 1.25 bits per heavy atom. The Bertz CT molecular complexity index is 707. The van der Waals surface area contributed by atoms with Crippen LogP contribution >= 0.6 is 0 Å². The third-order valence-electron chi connectivity index (χ3n) is 5.43. The van der Waals surface area contributed by atoms with E-state index in [1.54, 1.807) is 17.1 Å². The molecular weight excluding hydrogens is 308 g/mol. The summed E-state index contributed by atoms with van der Waals surface area (Å²) in [4.78, 5) is 25.3. The zero-order chi connectivity index (χ0) is 16.8. The number of hydrogen-bond donors (Lipinski definition) is 0. The number of rotatable bonds is 3. The first kappa shape index (κ1) is 15.3. The van der Waals surface area contributed by atoms with Gasteiger partial charge in [0, 0.05) is 24.5 Å². The van der Waals surface area contributed by atoms with E-state index in [4.69, 9.17) is 5.10 Å². The van der Waals surface area contributed by atoms with Gasteiger partial charge in [0.15, 0.2) is 0 Å². The molecule has 1 amide bonds. The zero-order valence-electron chi connectivity index (χ0n) is 13.6. The fourth-order valence-corrected chi connectivity index (χ4v) is 4.21. The highest BCUT2D eigenvalue weighted by atomic mass is 16.6. The molecule has 5 rings (SSSR count). The van der Waals surface area contributed by atoms with Crippen molar-refractivity contribution in [3.8, 4) is 0 Å². The molecule has 4 aliphatic rings. The largest absolute Gasteiger partial charge is 0.293 e. The quantitative estimate of drug-likeness (QED) is 0.630. The van der Waals surface area contributed by atoms with E-state index in [1.807, 2.05) is 6.92 Å². The Balaban J connectivity index is 1.73. The summed E-state index contributed by atoms with van der Waals surface area (Å²) in [5.41, 5.74) is 2.10. The van der Waals surface area contributed by atoms with E-state index in [0.717, 1.165) is 37.2 Å². The van der Waals surface area contributed by atoms with Crippen molar-refractivity contribution in [2.45, 2.75) is 38.3 Å². The summed E-state index contributed by atoms with van der Waals surface area (Å²) in [7, 11) is 0. The van der Waals surface area contributed by atoms with Gasteiger partial charge in [0.25, 0.3) is 5.69 Å². The highest BCUT2D eigenvalue weighted by molar-refractivity contribution is 5.97. The number of amides is 1. The fourth-order valence-electron chi connectivity index (χ4n) is 4.21. The molecule has 7 heteroatoms. The van der Waals surface area contributed by atoms with Crippen LogP contribution < -0.4 is 0 Å². The van der Waals surface area contributed by atoms with Crippen LogP contribution in [0.2, 0.25) is 0 Å². The number of fused-ring (bicyclic) bond motifs is 2. The molecule has 2 bridgehead atoms. The molecule has 24 heavy (non-hydrogen) atoms. The predicted octanol–water partition coefficient (Wildman–Crippen LogP) is 2.34. The van der Waals surface area contributed by atoms with E-state index in [2.05, 4.69) is 4.90 Å². The number of nitro groups is 1. The Hall–Kier alpha value is -2.28. The SMILES string of the molecule is CCC(=O)N1N=C2C3CCN(CC3)[C@@H]2[C@H]1c1ccc([N+](=O)[O-])cc1. The second-order valence-electron chi connectivity index (χ2n) is 6.67. The molecule has 0 saturated carbocycles. The van der Waals surface area contributed by atoms with Gasteiger partial charge in [-0.05, 0) is 43.6 Å². The smallest absolute Gasteiger partial charge is 0.269 e. The van der Waals surface area contributed by atoms with Crippen molar-refractivity contribution in [1.29, 1.82) is 0 Å². The van der Waals surface area contributed by atoms with Gasteiger partial charge in [-0.25, -0.2) is 5.01 Å². The van der Waals surface area contributed by atoms with Gasteiger partial charge in [0.05, 0.1) is 16.7 Å². The number of hydrogen-bond acceptors (Lipinski definition) is 5. The minimum atomic E-state index is -0.401. The Morgan fingerprint density at radius 2 is 1.92 bits per heavy atom. The second-order valence-corrected chi connectivity index (χ2v) is 6.67. The maximum absolute atomic E-state index is 12.4. The van der Waals surface area contributed by atoms with E-state index in [1.165, 1.54) is 12.1 Å². The summed E-state index contributed by atoms with van der Waals surface area (Å²) >= 11 is 0. The van der Waals surface area contributed by atoms with E-state index in [9.17, 15) is 14.9 Å². The summed E-state index contributed by atoms with van der Waals surface area (Å²) in [5.74, 6) is 0.469. The van der Waals surface area contributed by atoms with Gasteiger partial charge in [-0.2, -0.15) is 5.10 Å². The minimum Gasteiger partial charge on any atom is -0.293 e. The van der Waals surface area contributed by atoms with Crippen molar-refractivity contribution < 1.29 is 9.72 Å². The summed E-state index contributed by atoms with van der Waals surface area (Å²) in [6, 6.07) is 6.50. The van der Waals surface area contributed by atoms with Crippen LogP contribution in [0.15, 0.2) is 29.4 Å². The third kappa shape index (κ3) is 2.23. The van der Waals surface area contributed by atoms with Gasteiger partial charge < -0.3 is 0 Å². The molecule has 7 nitrogen and oxygen atoms in total. The van der Waals surface area contributed by atoms with Gasteiger partial charge >= 0.3 is 0 Å². The van der Waals surface area contributed by atoms with Crippen molar-refractivity contribution in [2.75, 3.05) is 13.1 Å². The highest BCUT2D eigenvalue weighted by Gasteiger charge is 2.50. The Morgan fingerprint density at radius 3 is 2.50 bits per heavy atom. The predicted molar refractivity (Wildman–Crippen MR) is 88.5 cm³/mol. The van der Waals surface area contributed by atoms with Crippen LogP contribution in [-0.2, 0) is 4.79 Å². The van der Waals surface area contributed by atoms with Gasteiger partial charge in [0.2, 0.25) is 5.91 Å². The molecule has 0 spiro atoms. The number of nitro benzene ring substituents is 1. The van der Waals surface area contributed by atoms with E-state index < -0.39 is 4.92 Å². The number of nitrogens with zero attached hydrogens (tertiary/aromatic N) is 4. The van der Waals surface area contributed by atoms with Crippen LogP contribution in [0.4, 0.5) is 5.69 Å². The Labute approximate surface area is 140 Å². The van der Waals surface area contributed by atoms with Crippen LogP contribution in [0, 0.1) is 16.0 Å². The molecule has 126 valence electrons. The van der Waals surface area contributed by atoms with E-state index >= 15 is 0 Å². The van der Waals surface area contributed by atoms with Crippen LogP contribution in [-0.4, -0.2) is 45.6 Å². The molecule has 0 radical (unpaired) electrons. The molecule has 1 aromatic carbocycles. The first-order chi connectivity index (χ1) is 11.6. The lowest BCUT2D eigenvalue weighted by Gasteiger charge is -2.46. The fraction of sp³-hybridized carbons (Fsp3) is 0.529. The third-order valence-corrected chi connectivity index (χ3v) is 5.43. The molecule has 2 atom stereocenters. The molecule has 0 N–H and O–H groups in total. The summed E-state index contributed by atoms with van der Waals surface area (Å²) < 4.78 is 0. The normalized spacial score (nSPS) is 30.9. The number of carbonyl (C=O) groups is 1. The standard InChI is InChI=1S/C17H20N4O3/c1-2-14(22)20-16(12-3-5-13(6-4-12)21(23)24)17-15(18-20)11-7-9-19(17)10-8-11/h3-6,11,16-17H,2,7-10H2,1H3/t16-,17+/m1/s1. The summed E-state index contributed by atoms with van der Waals surface area (Å²) in [5, 5.41) is 17.2. The first-order valence-electron chi connectivity index (χ1n) is 8.49. The lowest BCUT2D eigenvalue weighted by Crippen LogP contribution is -2.56. The van der Waals surface area contributed by atoms with Crippen molar-refractivity contribution in [2.24, 2.45) is 11.0 Å². The van der Waals surface area contributed by atoms with Gasteiger partial charge in [-0.1, -0.05) is 6.92 Å². The minimum absolute atomic E-state index is 0.000790. The topological polar surface area (TPSA) is 79.0 Å². The molecule has 0 aliphatic carbocycles. The van der Waals surface area contributed by atoms with Crippen molar-refractivity contribution in [3.63, 3.8) is 0 Å². The number of non-ortho nitro benzene ring substituents is 1. The molecule has 3 saturated heterocycles. The monoisotopic (exact) mass is 328 g/mol. The lowest BCUT2D eigenvalue weighted by atomic mass is 9.78. The van der Waals surface area contributed by atoms with Crippen molar-refractivity contribution in [3.05, 3.63) is 39.9 Å². The molecule has 4 aliphatic heterocycles. The number of carbonyl (C=O) groups excluding carboxylic acids is 1. The molecule has 3 fully saturated rings. The van der Waals surface area contributed by atoms with E-state index in [-0.39, 0.29) is 23.7 Å². The maximum atomic E-state index is 12.4. The molecule has 0 aromatic heterocycles. The second kappa shape index (κ2) is 5.66. The maximum Gasteiger partial charge on any atom is 0.269 e. The van der Waals surface area contributed by atoms with Crippen molar-refractivity contribution >= 4 is 17.3 Å². The van der Waals surface area contributed by atoms with Gasteiger partial charge in [0.1, 0.15) is 6.04 Å². The zero-order valence-corrected chi connectivity index (χ0v) is 13.6. The molecule has 1 aromatic rings. The highest BCUT2D eigenvalue weighted by Crippen LogP contribution is 2.43. The van der Waals surface area contributed by atoms with Crippen molar-refractivity contribution in [1.82, 2.24) is 9.91 Å². The summed E-state index contributed by atoms with van der Waals surface area (Å²) in [6.45, 7) is 3.91. The number of benzene rings is 1. The van der Waals surface area contributed by atoms with Crippen LogP contribution in [0.3, 0.4) is 0 Å². The number of hydrazone groups is 1. The van der Waals surface area contributed by atoms with Gasteiger partial charge in [-0.15, -0.1) is 0 Å². The summed E-state index contributed by atoms with van der Waals surface area (Å²) in [6.07, 6.45) is 2.62. The van der Waals surface area contributed by atoms with E-state index in [0.29, 0.717) is 12.3 Å². The number of piperidine rings is 3. The average Bonchev–Trinajstić information content (AvgIpc) is 3.04. The van der Waals surface area contributed by atoms with Gasteiger partial charge in [-0.3, -0.25) is 19.8 Å². The lowest BCUT2D eigenvalue weighted by molar-refractivity contribution is -0.384. The van der Waals surface area contributed by atoms with Crippen LogP contribution in [0.5, 0.6) is 0 Å². The average molecular weight is 328 g/mol. The Kier molecular flexibility index (Phi) is 3.60. The van der Waals surface area contributed by atoms with Crippen LogP contribution in [0.1, 0.15) is 37.8 Å².